The SMILES string of the molecule is CN(C)CCCNCc1cc2ccccc2[nH]c1=O. The van der Waals surface area contributed by atoms with Crippen molar-refractivity contribution in [2.75, 3.05) is 27.2 Å². The fourth-order valence-corrected chi connectivity index (χ4v) is 2.07. The molecule has 0 spiro atoms. The third-order valence-electron chi connectivity index (χ3n) is 3.10. The van der Waals surface area contributed by atoms with Crippen LogP contribution in [0, 0.1) is 0 Å². The molecule has 0 aliphatic rings. The number of benzene rings is 1. The fourth-order valence-electron chi connectivity index (χ4n) is 2.07. The fraction of sp³-hybridized carbons (Fsp3) is 0.400. The third kappa shape index (κ3) is 3.91. The Balaban J connectivity index is 1.97. The number of fused-ring (bicyclic) bond motifs is 1. The average Bonchev–Trinajstić information content (AvgIpc) is 2.38. The lowest BCUT2D eigenvalue weighted by atomic mass is 10.1. The van der Waals surface area contributed by atoms with E-state index in [0.717, 1.165) is 36.0 Å². The summed E-state index contributed by atoms with van der Waals surface area (Å²) in [6.07, 6.45) is 1.08. The molecule has 0 saturated heterocycles. The molecule has 0 amide bonds. The molecule has 2 rings (SSSR count). The minimum atomic E-state index is -0.00110. The van der Waals surface area contributed by atoms with Crippen LogP contribution in [0.15, 0.2) is 35.1 Å². The van der Waals surface area contributed by atoms with Crippen LogP contribution >= 0.6 is 0 Å². The van der Waals surface area contributed by atoms with Gasteiger partial charge in [0.05, 0.1) is 0 Å². The number of hydrogen-bond acceptors (Lipinski definition) is 3. The van der Waals surface area contributed by atoms with E-state index in [2.05, 4.69) is 29.3 Å². The van der Waals surface area contributed by atoms with Crippen LogP contribution in [0.1, 0.15) is 12.0 Å². The molecule has 0 aliphatic carbocycles. The molecule has 1 aromatic carbocycles. The second-order valence-electron chi connectivity index (χ2n) is 5.04. The first kappa shape index (κ1) is 13.8. The van der Waals surface area contributed by atoms with Gasteiger partial charge in [0.2, 0.25) is 0 Å². The van der Waals surface area contributed by atoms with Crippen molar-refractivity contribution in [1.82, 2.24) is 15.2 Å². The second-order valence-corrected chi connectivity index (χ2v) is 5.04. The van der Waals surface area contributed by atoms with Crippen LogP contribution in [0.25, 0.3) is 10.9 Å². The summed E-state index contributed by atoms with van der Waals surface area (Å²) in [6.45, 7) is 2.60. The summed E-state index contributed by atoms with van der Waals surface area (Å²) in [7, 11) is 4.13. The molecule has 19 heavy (non-hydrogen) atoms. The van der Waals surface area contributed by atoms with Crippen molar-refractivity contribution in [3.8, 4) is 0 Å². The van der Waals surface area contributed by atoms with E-state index in [1.165, 1.54) is 0 Å². The predicted octanol–water partition coefficient (Wildman–Crippen LogP) is 1.57. The van der Waals surface area contributed by atoms with Gasteiger partial charge in [0, 0.05) is 17.6 Å². The summed E-state index contributed by atoms with van der Waals surface area (Å²) in [4.78, 5) is 17.0. The lowest BCUT2D eigenvalue weighted by molar-refractivity contribution is 0.394. The van der Waals surface area contributed by atoms with E-state index in [0.29, 0.717) is 6.54 Å². The Morgan fingerprint density at radius 3 is 2.84 bits per heavy atom. The van der Waals surface area contributed by atoms with Crippen LogP contribution in [-0.4, -0.2) is 37.1 Å². The number of rotatable bonds is 6. The monoisotopic (exact) mass is 259 g/mol. The maximum atomic E-state index is 11.9. The molecule has 0 aliphatic heterocycles. The van der Waals surface area contributed by atoms with Crippen molar-refractivity contribution in [2.45, 2.75) is 13.0 Å². The number of hydrogen-bond donors (Lipinski definition) is 2. The number of aromatic nitrogens is 1. The van der Waals surface area contributed by atoms with E-state index in [1.807, 2.05) is 30.3 Å². The van der Waals surface area contributed by atoms with Crippen LogP contribution in [0.5, 0.6) is 0 Å². The Kier molecular flexibility index (Phi) is 4.71. The smallest absolute Gasteiger partial charge is 0.252 e. The standard InChI is InChI=1S/C15H21N3O/c1-18(2)9-5-8-16-11-13-10-12-6-3-4-7-14(12)17-15(13)19/h3-4,6-7,10,16H,5,8-9,11H2,1-2H3,(H,17,19). The van der Waals surface area contributed by atoms with E-state index < -0.39 is 0 Å². The van der Waals surface area contributed by atoms with Gasteiger partial charge in [-0.2, -0.15) is 0 Å². The first-order valence-electron chi connectivity index (χ1n) is 6.63. The van der Waals surface area contributed by atoms with Gasteiger partial charge >= 0.3 is 0 Å². The highest BCUT2D eigenvalue weighted by molar-refractivity contribution is 5.78. The Morgan fingerprint density at radius 1 is 1.26 bits per heavy atom. The van der Waals surface area contributed by atoms with Crippen LogP contribution in [0.2, 0.25) is 0 Å². The normalized spacial score (nSPS) is 11.3. The highest BCUT2D eigenvalue weighted by Gasteiger charge is 2.02. The molecular weight excluding hydrogens is 238 g/mol. The Bertz CT molecular complexity index is 589. The third-order valence-corrected chi connectivity index (χ3v) is 3.10. The van der Waals surface area contributed by atoms with Crippen molar-refractivity contribution < 1.29 is 0 Å². The molecule has 1 aromatic heterocycles. The maximum Gasteiger partial charge on any atom is 0.252 e. The van der Waals surface area contributed by atoms with Crippen LogP contribution in [0.4, 0.5) is 0 Å². The van der Waals surface area contributed by atoms with Gasteiger partial charge in [0.1, 0.15) is 0 Å². The highest BCUT2D eigenvalue weighted by atomic mass is 16.1. The number of para-hydroxylation sites is 1. The topological polar surface area (TPSA) is 48.1 Å². The number of nitrogens with one attached hydrogen (secondary N) is 2. The first-order valence-corrected chi connectivity index (χ1v) is 6.63. The van der Waals surface area contributed by atoms with E-state index in [-0.39, 0.29) is 5.56 Å². The lowest BCUT2D eigenvalue weighted by Crippen LogP contribution is -2.24. The minimum absolute atomic E-state index is 0.00110. The molecule has 0 radical (unpaired) electrons. The largest absolute Gasteiger partial charge is 0.322 e. The quantitative estimate of drug-likeness (QED) is 0.774. The van der Waals surface area contributed by atoms with Gasteiger partial charge in [0.15, 0.2) is 0 Å². The predicted molar refractivity (Wildman–Crippen MR) is 79.4 cm³/mol. The molecule has 2 N–H and O–H groups in total. The van der Waals surface area contributed by atoms with Crippen LogP contribution in [0.3, 0.4) is 0 Å². The van der Waals surface area contributed by atoms with Gasteiger partial charge in [-0.25, -0.2) is 0 Å². The molecule has 2 aromatic rings. The summed E-state index contributed by atoms with van der Waals surface area (Å²) in [5.74, 6) is 0. The summed E-state index contributed by atoms with van der Waals surface area (Å²) in [5.41, 5.74) is 1.69. The van der Waals surface area contributed by atoms with Gasteiger partial charge in [-0.05, 0) is 51.1 Å². The average molecular weight is 259 g/mol. The number of H-pyrrole nitrogens is 1. The number of pyridine rings is 1. The number of aromatic amines is 1. The summed E-state index contributed by atoms with van der Waals surface area (Å²) >= 11 is 0. The molecule has 0 bridgehead atoms. The van der Waals surface area contributed by atoms with Crippen molar-refractivity contribution in [3.05, 3.63) is 46.2 Å². The molecule has 0 unspecified atom stereocenters. The molecular formula is C15H21N3O. The Labute approximate surface area is 113 Å². The first-order chi connectivity index (χ1) is 9.16. The Morgan fingerprint density at radius 2 is 2.05 bits per heavy atom. The molecule has 4 heteroatoms. The van der Waals surface area contributed by atoms with E-state index in [9.17, 15) is 4.79 Å². The summed E-state index contributed by atoms with van der Waals surface area (Å²) in [5, 5.41) is 4.39. The van der Waals surface area contributed by atoms with Crippen molar-refractivity contribution in [3.63, 3.8) is 0 Å². The zero-order valence-corrected chi connectivity index (χ0v) is 11.6. The maximum absolute atomic E-state index is 11.9. The van der Waals surface area contributed by atoms with Crippen molar-refractivity contribution in [2.24, 2.45) is 0 Å². The van der Waals surface area contributed by atoms with Gasteiger partial charge in [-0.3, -0.25) is 4.79 Å². The molecule has 102 valence electrons. The van der Waals surface area contributed by atoms with Crippen molar-refractivity contribution >= 4 is 10.9 Å². The van der Waals surface area contributed by atoms with Crippen molar-refractivity contribution in [1.29, 1.82) is 0 Å². The van der Waals surface area contributed by atoms with Gasteiger partial charge < -0.3 is 15.2 Å². The number of nitrogens with zero attached hydrogens (tertiary/aromatic N) is 1. The van der Waals surface area contributed by atoms with Gasteiger partial charge in [-0.15, -0.1) is 0 Å². The molecule has 0 fully saturated rings. The zero-order chi connectivity index (χ0) is 13.7. The van der Waals surface area contributed by atoms with Gasteiger partial charge in [0.25, 0.3) is 5.56 Å². The lowest BCUT2D eigenvalue weighted by Gasteiger charge is -2.09. The molecule has 0 atom stereocenters. The van der Waals surface area contributed by atoms with Crippen LogP contribution < -0.4 is 10.9 Å². The van der Waals surface area contributed by atoms with E-state index >= 15 is 0 Å². The zero-order valence-electron chi connectivity index (χ0n) is 11.6. The highest BCUT2D eigenvalue weighted by Crippen LogP contribution is 2.09. The summed E-state index contributed by atoms with van der Waals surface area (Å²) in [6, 6.07) is 9.81. The molecule has 1 heterocycles. The minimum Gasteiger partial charge on any atom is -0.322 e. The van der Waals surface area contributed by atoms with Crippen LogP contribution in [-0.2, 0) is 6.54 Å². The molecule has 4 nitrogen and oxygen atoms in total. The summed E-state index contributed by atoms with van der Waals surface area (Å²) < 4.78 is 0. The van der Waals surface area contributed by atoms with Gasteiger partial charge in [-0.1, -0.05) is 18.2 Å². The molecule has 0 saturated carbocycles. The second kappa shape index (κ2) is 6.50. The van der Waals surface area contributed by atoms with E-state index in [1.54, 1.807) is 0 Å². The Hall–Kier alpha value is -1.65. The van der Waals surface area contributed by atoms with E-state index in [4.69, 9.17) is 0 Å².